The number of carbonyl (C=O) groups excluding carboxylic acids is 1. The first-order chi connectivity index (χ1) is 11.8. The lowest BCUT2D eigenvalue weighted by Gasteiger charge is -2.09. The highest BCUT2D eigenvalue weighted by atomic mass is 32.2. The minimum absolute atomic E-state index is 0.0554. The number of amides is 1. The first-order valence-electron chi connectivity index (χ1n) is 8.09. The largest absolute Gasteiger partial charge is 0.301 e. The van der Waals surface area contributed by atoms with Crippen molar-refractivity contribution in [3.63, 3.8) is 0 Å². The summed E-state index contributed by atoms with van der Waals surface area (Å²) in [6, 6.07) is 6.41. The highest BCUT2D eigenvalue weighted by molar-refractivity contribution is 8.00. The number of carbonyl (C=O) groups is 1. The Hall–Kier alpha value is -1.92. The van der Waals surface area contributed by atoms with Gasteiger partial charge in [-0.15, -0.1) is 11.3 Å². The molecule has 0 aliphatic heterocycles. The Labute approximate surface area is 156 Å². The number of pyridine rings is 1. The molecule has 0 bridgehead atoms. The Morgan fingerprint density at radius 2 is 1.72 bits per heavy atom. The Kier molecular flexibility index (Phi) is 5.11. The van der Waals surface area contributed by atoms with E-state index in [4.69, 9.17) is 4.98 Å². The van der Waals surface area contributed by atoms with Gasteiger partial charge in [-0.2, -0.15) is 0 Å². The van der Waals surface area contributed by atoms with Crippen LogP contribution in [0.15, 0.2) is 23.2 Å². The smallest absolute Gasteiger partial charge is 0.236 e. The van der Waals surface area contributed by atoms with Crippen molar-refractivity contribution in [3.8, 4) is 0 Å². The summed E-state index contributed by atoms with van der Waals surface area (Å²) in [6.45, 7) is 10.2. The summed E-state index contributed by atoms with van der Waals surface area (Å²) in [4.78, 5) is 22.4. The molecule has 0 aliphatic rings. The van der Waals surface area contributed by atoms with Gasteiger partial charge in [0.15, 0.2) is 5.13 Å². The Bertz CT molecular complexity index is 943. The lowest BCUT2D eigenvalue weighted by molar-refractivity contribution is -0.113. The maximum atomic E-state index is 12.2. The maximum absolute atomic E-state index is 12.2. The van der Waals surface area contributed by atoms with Crippen LogP contribution in [-0.4, -0.2) is 21.6 Å². The number of thioether (sulfide) groups is 1. The average molecular weight is 372 g/mol. The minimum atomic E-state index is -0.0554. The van der Waals surface area contributed by atoms with E-state index in [9.17, 15) is 4.79 Å². The molecule has 6 heteroatoms. The summed E-state index contributed by atoms with van der Waals surface area (Å²) < 4.78 is 0. The predicted molar refractivity (Wildman–Crippen MR) is 107 cm³/mol. The first kappa shape index (κ1) is 17.9. The van der Waals surface area contributed by atoms with E-state index < -0.39 is 0 Å². The monoisotopic (exact) mass is 371 g/mol. The fourth-order valence-electron chi connectivity index (χ4n) is 2.49. The second kappa shape index (κ2) is 7.14. The quantitative estimate of drug-likeness (QED) is 0.658. The van der Waals surface area contributed by atoms with Crippen molar-refractivity contribution < 1.29 is 4.79 Å². The molecule has 3 aromatic rings. The summed E-state index contributed by atoms with van der Waals surface area (Å²) in [6.07, 6.45) is 0. The first-order valence-corrected chi connectivity index (χ1v) is 9.89. The van der Waals surface area contributed by atoms with Gasteiger partial charge in [0.2, 0.25) is 5.91 Å². The van der Waals surface area contributed by atoms with Gasteiger partial charge < -0.3 is 5.32 Å². The zero-order chi connectivity index (χ0) is 18.1. The number of hydrogen-bond acceptors (Lipinski definition) is 5. The van der Waals surface area contributed by atoms with Crippen LogP contribution in [0.4, 0.5) is 5.13 Å². The second-order valence-corrected chi connectivity index (χ2v) is 8.40. The molecule has 0 fully saturated rings. The molecule has 0 radical (unpaired) electrons. The molecule has 130 valence electrons. The van der Waals surface area contributed by atoms with E-state index in [0.717, 1.165) is 32.1 Å². The van der Waals surface area contributed by atoms with Gasteiger partial charge in [0.25, 0.3) is 0 Å². The zero-order valence-corrected chi connectivity index (χ0v) is 16.7. The van der Waals surface area contributed by atoms with Crippen molar-refractivity contribution in [1.82, 2.24) is 9.97 Å². The molecule has 3 rings (SSSR count). The van der Waals surface area contributed by atoms with Crippen molar-refractivity contribution >= 4 is 45.0 Å². The number of thiazole rings is 1. The van der Waals surface area contributed by atoms with Gasteiger partial charge in [-0.05, 0) is 69.5 Å². The number of nitrogens with zero attached hydrogens (tertiary/aromatic N) is 2. The van der Waals surface area contributed by atoms with E-state index in [-0.39, 0.29) is 5.91 Å². The van der Waals surface area contributed by atoms with Crippen molar-refractivity contribution in [1.29, 1.82) is 0 Å². The molecule has 0 saturated heterocycles. The molecular formula is C19H21N3OS2. The van der Waals surface area contributed by atoms with E-state index in [1.807, 2.05) is 20.8 Å². The van der Waals surface area contributed by atoms with Gasteiger partial charge in [0.05, 0.1) is 17.0 Å². The zero-order valence-electron chi connectivity index (χ0n) is 15.1. The number of hydrogen-bond donors (Lipinski definition) is 1. The number of anilines is 1. The van der Waals surface area contributed by atoms with E-state index in [1.54, 1.807) is 0 Å². The number of rotatable bonds is 4. The molecular weight excluding hydrogens is 350 g/mol. The van der Waals surface area contributed by atoms with Crippen molar-refractivity contribution in [2.24, 2.45) is 0 Å². The van der Waals surface area contributed by atoms with E-state index in [1.165, 1.54) is 34.2 Å². The van der Waals surface area contributed by atoms with E-state index >= 15 is 0 Å². The summed E-state index contributed by atoms with van der Waals surface area (Å²) in [5.74, 6) is 0.266. The van der Waals surface area contributed by atoms with Crippen LogP contribution in [0.25, 0.3) is 10.9 Å². The highest BCUT2D eigenvalue weighted by Gasteiger charge is 2.11. The number of fused-ring (bicyclic) bond motifs is 1. The van der Waals surface area contributed by atoms with Crippen molar-refractivity contribution in [2.45, 2.75) is 39.6 Å². The van der Waals surface area contributed by atoms with Crippen LogP contribution in [0.2, 0.25) is 0 Å². The molecule has 2 aromatic heterocycles. The Morgan fingerprint density at radius 3 is 2.40 bits per heavy atom. The molecule has 2 heterocycles. The molecule has 0 saturated carbocycles. The van der Waals surface area contributed by atoms with Crippen LogP contribution in [0, 0.1) is 34.6 Å². The number of aryl methyl sites for hydroxylation is 5. The number of aromatic nitrogens is 2. The Balaban J connectivity index is 1.72. The lowest BCUT2D eigenvalue weighted by Crippen LogP contribution is -2.14. The molecule has 0 atom stereocenters. The van der Waals surface area contributed by atoms with Gasteiger partial charge in [0, 0.05) is 10.3 Å². The molecule has 1 aromatic carbocycles. The minimum Gasteiger partial charge on any atom is -0.301 e. The standard InChI is InChI=1S/C19H21N3OS2/c1-10-6-15-7-12(3)18(21-16(15)8-11(10)2)24-9-17(23)22-19-20-13(4)14(5)25-19/h6-8H,9H2,1-5H3,(H,20,22,23). The fraction of sp³-hybridized carbons (Fsp3) is 0.316. The van der Waals surface area contributed by atoms with Gasteiger partial charge in [-0.25, -0.2) is 9.97 Å². The summed E-state index contributed by atoms with van der Waals surface area (Å²) in [7, 11) is 0. The fourth-order valence-corrected chi connectivity index (χ4v) is 4.11. The topological polar surface area (TPSA) is 54.9 Å². The molecule has 0 spiro atoms. The normalized spacial score (nSPS) is 11.1. The molecule has 0 aliphatic carbocycles. The number of nitrogens with one attached hydrogen (secondary N) is 1. The molecule has 0 unspecified atom stereocenters. The van der Waals surface area contributed by atoms with Crippen molar-refractivity contribution in [2.75, 3.05) is 11.1 Å². The van der Waals surface area contributed by atoms with Gasteiger partial charge in [0.1, 0.15) is 5.03 Å². The van der Waals surface area contributed by atoms with Gasteiger partial charge in [-0.1, -0.05) is 11.8 Å². The van der Waals surface area contributed by atoms with Crippen LogP contribution < -0.4 is 5.32 Å². The van der Waals surface area contributed by atoms with E-state index in [2.05, 4.69) is 42.3 Å². The van der Waals surface area contributed by atoms with E-state index in [0.29, 0.717) is 10.9 Å². The van der Waals surface area contributed by atoms with Gasteiger partial charge >= 0.3 is 0 Å². The SMILES string of the molecule is Cc1cc2cc(C)c(SCC(=O)Nc3nc(C)c(C)s3)nc2cc1C. The summed E-state index contributed by atoms with van der Waals surface area (Å²) >= 11 is 2.97. The third-order valence-corrected chi connectivity index (χ3v) is 6.27. The Morgan fingerprint density at radius 1 is 1.04 bits per heavy atom. The molecule has 1 amide bonds. The molecule has 25 heavy (non-hydrogen) atoms. The van der Waals surface area contributed by atoms with Gasteiger partial charge in [-0.3, -0.25) is 4.79 Å². The highest BCUT2D eigenvalue weighted by Crippen LogP contribution is 2.27. The van der Waals surface area contributed by atoms with Crippen LogP contribution in [0.1, 0.15) is 27.3 Å². The lowest BCUT2D eigenvalue weighted by atomic mass is 10.1. The average Bonchev–Trinajstić information content (AvgIpc) is 2.85. The van der Waals surface area contributed by atoms with Crippen LogP contribution in [0.5, 0.6) is 0 Å². The summed E-state index contributed by atoms with van der Waals surface area (Å²) in [5.41, 5.74) is 5.53. The molecule has 4 nitrogen and oxygen atoms in total. The predicted octanol–water partition coefficient (Wildman–Crippen LogP) is 4.96. The third-order valence-electron chi connectivity index (χ3n) is 4.19. The van der Waals surface area contributed by atoms with Crippen molar-refractivity contribution in [3.05, 3.63) is 45.5 Å². The van der Waals surface area contributed by atoms with Crippen LogP contribution in [-0.2, 0) is 4.79 Å². The third kappa shape index (κ3) is 4.02. The molecule has 1 N–H and O–H groups in total. The second-order valence-electron chi connectivity index (χ2n) is 6.24. The maximum Gasteiger partial charge on any atom is 0.236 e. The number of benzene rings is 1. The van der Waals surface area contributed by atoms with Crippen LogP contribution >= 0.6 is 23.1 Å². The van der Waals surface area contributed by atoms with Crippen LogP contribution in [0.3, 0.4) is 0 Å². The summed E-state index contributed by atoms with van der Waals surface area (Å²) in [5, 5.41) is 5.57.